The van der Waals surface area contributed by atoms with Gasteiger partial charge in [-0.15, -0.1) is 0 Å². The van der Waals surface area contributed by atoms with Crippen LogP contribution in [0, 0.1) is 6.92 Å². The van der Waals surface area contributed by atoms with E-state index in [4.69, 9.17) is 9.31 Å². The zero-order valence-corrected chi connectivity index (χ0v) is 12.2. The quantitative estimate of drug-likeness (QED) is 0.799. The first-order valence-corrected chi connectivity index (χ1v) is 6.40. The monoisotopic (exact) mass is 285 g/mol. The molecule has 2 rings (SSSR count). The molecule has 20 heavy (non-hydrogen) atoms. The summed E-state index contributed by atoms with van der Waals surface area (Å²) in [5.41, 5.74) is 0.0324. The van der Waals surface area contributed by atoms with Crippen molar-refractivity contribution >= 4 is 12.6 Å². The van der Waals surface area contributed by atoms with Crippen molar-refractivity contribution < 1.29 is 22.8 Å². The third kappa shape index (κ3) is 2.65. The number of hydrogen-bond acceptors (Lipinski definition) is 4. The molecule has 4 nitrogen and oxygen atoms in total. The Kier molecular flexibility index (Phi) is 3.77. The number of rotatable bonds is 3. The van der Waals surface area contributed by atoms with Gasteiger partial charge in [-0.05, 0) is 46.2 Å². The second-order valence-electron chi connectivity index (χ2n) is 5.81. The molecule has 7 heteroatoms. The molecular formula is C13H18BF2NO3. The summed E-state index contributed by atoms with van der Waals surface area (Å²) in [6, 6.07) is 1.71. The maximum absolute atomic E-state index is 12.5. The second kappa shape index (κ2) is 4.97. The van der Waals surface area contributed by atoms with Gasteiger partial charge in [0, 0.05) is 11.7 Å². The van der Waals surface area contributed by atoms with Gasteiger partial charge in [-0.1, -0.05) is 0 Å². The molecule has 0 atom stereocenters. The number of hydrogen-bond donors (Lipinski definition) is 0. The lowest BCUT2D eigenvalue weighted by atomic mass is 9.77. The average molecular weight is 285 g/mol. The highest BCUT2D eigenvalue weighted by Crippen LogP contribution is 2.37. The topological polar surface area (TPSA) is 40.6 Å². The summed E-state index contributed by atoms with van der Waals surface area (Å²) < 4.78 is 41.2. The maximum atomic E-state index is 12.5. The summed E-state index contributed by atoms with van der Waals surface area (Å²) in [7, 11) is -0.776. The molecule has 1 fully saturated rings. The first-order valence-electron chi connectivity index (χ1n) is 6.40. The molecule has 1 saturated heterocycles. The van der Waals surface area contributed by atoms with Crippen LogP contribution in [0.15, 0.2) is 12.3 Å². The van der Waals surface area contributed by atoms with E-state index in [9.17, 15) is 8.78 Å². The third-order valence-corrected chi connectivity index (χ3v) is 3.86. The fraction of sp³-hybridized carbons (Fsp3) is 0.615. The Hall–Kier alpha value is -1.21. The fourth-order valence-corrected chi connectivity index (χ4v) is 1.97. The summed E-state index contributed by atoms with van der Waals surface area (Å²) in [5, 5.41) is 0. The van der Waals surface area contributed by atoms with Gasteiger partial charge in [0.25, 0.3) is 0 Å². The van der Waals surface area contributed by atoms with Crippen molar-refractivity contribution in [1.29, 1.82) is 0 Å². The first kappa shape index (κ1) is 15.2. The number of aromatic nitrogens is 1. The van der Waals surface area contributed by atoms with E-state index in [2.05, 4.69) is 9.72 Å². The van der Waals surface area contributed by atoms with Crippen LogP contribution in [-0.4, -0.2) is 29.9 Å². The second-order valence-corrected chi connectivity index (χ2v) is 5.81. The van der Waals surface area contributed by atoms with E-state index >= 15 is 0 Å². The molecule has 0 saturated carbocycles. The van der Waals surface area contributed by atoms with Gasteiger partial charge in [0.05, 0.1) is 11.2 Å². The molecule has 0 unspecified atom stereocenters. The van der Waals surface area contributed by atoms with Crippen molar-refractivity contribution in [2.75, 3.05) is 0 Å². The van der Waals surface area contributed by atoms with Gasteiger partial charge < -0.3 is 14.0 Å². The van der Waals surface area contributed by atoms with Crippen LogP contribution in [0.2, 0.25) is 0 Å². The van der Waals surface area contributed by atoms with Crippen molar-refractivity contribution in [2.45, 2.75) is 52.4 Å². The predicted molar refractivity (Wildman–Crippen MR) is 71.3 cm³/mol. The van der Waals surface area contributed by atoms with Crippen molar-refractivity contribution in [3.63, 3.8) is 0 Å². The predicted octanol–water partition coefficient (Wildman–Crippen LogP) is 2.29. The van der Waals surface area contributed by atoms with E-state index in [-0.39, 0.29) is 5.88 Å². The van der Waals surface area contributed by atoms with Crippen LogP contribution >= 0.6 is 0 Å². The van der Waals surface area contributed by atoms with Crippen molar-refractivity contribution in [2.24, 2.45) is 0 Å². The highest BCUT2D eigenvalue weighted by atomic mass is 19.3. The molecule has 0 bridgehead atoms. The SMILES string of the molecule is Cc1ccnc(OC(F)F)c1B1OC(C)(C)C(C)(C)O1. The minimum absolute atomic E-state index is 0.154. The number of ether oxygens (including phenoxy) is 1. The Morgan fingerprint density at radius 3 is 2.25 bits per heavy atom. The van der Waals surface area contributed by atoms with Crippen LogP contribution in [0.25, 0.3) is 0 Å². The smallest absolute Gasteiger partial charge is 0.417 e. The van der Waals surface area contributed by atoms with Gasteiger partial charge >= 0.3 is 13.7 Å². The van der Waals surface area contributed by atoms with E-state index in [0.717, 1.165) is 5.56 Å². The van der Waals surface area contributed by atoms with Gasteiger partial charge in [0.2, 0.25) is 5.88 Å². The number of aryl methyl sites for hydroxylation is 1. The lowest BCUT2D eigenvalue weighted by Gasteiger charge is -2.32. The van der Waals surface area contributed by atoms with Crippen LogP contribution in [0.3, 0.4) is 0 Å². The van der Waals surface area contributed by atoms with Crippen LogP contribution in [-0.2, 0) is 9.31 Å². The Labute approximate surface area is 117 Å². The lowest BCUT2D eigenvalue weighted by Crippen LogP contribution is -2.41. The van der Waals surface area contributed by atoms with E-state index in [1.165, 1.54) is 6.20 Å². The molecule has 0 aliphatic carbocycles. The number of halogens is 2. The summed E-state index contributed by atoms with van der Waals surface area (Å²) >= 11 is 0. The maximum Gasteiger partial charge on any atom is 0.500 e. The zero-order valence-electron chi connectivity index (χ0n) is 12.2. The van der Waals surface area contributed by atoms with E-state index in [1.54, 1.807) is 13.0 Å². The molecule has 2 heterocycles. The first-order chi connectivity index (χ1) is 9.14. The van der Waals surface area contributed by atoms with Gasteiger partial charge in [-0.2, -0.15) is 8.78 Å². The summed E-state index contributed by atoms with van der Waals surface area (Å²) in [4.78, 5) is 3.86. The molecule has 1 aliphatic heterocycles. The van der Waals surface area contributed by atoms with Gasteiger partial charge in [-0.3, -0.25) is 0 Å². The highest BCUT2D eigenvalue weighted by Gasteiger charge is 2.53. The van der Waals surface area contributed by atoms with Crippen molar-refractivity contribution in [1.82, 2.24) is 4.98 Å². The molecule has 1 aromatic heterocycles. The Balaban J connectivity index is 2.39. The standard InChI is InChI=1S/C13H18BF2NO3/c1-8-6-7-17-10(18-11(15)16)9(8)14-19-12(2,3)13(4,5)20-14/h6-7,11H,1-5H3. The summed E-state index contributed by atoms with van der Waals surface area (Å²) in [6.45, 7) is 6.42. The van der Waals surface area contributed by atoms with E-state index < -0.39 is 24.9 Å². The molecule has 1 aromatic rings. The fourth-order valence-electron chi connectivity index (χ4n) is 1.97. The third-order valence-electron chi connectivity index (χ3n) is 3.86. The Morgan fingerprint density at radius 1 is 1.20 bits per heavy atom. The largest absolute Gasteiger partial charge is 0.500 e. The summed E-state index contributed by atoms with van der Waals surface area (Å²) in [6.07, 6.45) is 1.42. The molecule has 0 spiro atoms. The van der Waals surface area contributed by atoms with Crippen LogP contribution in [0.5, 0.6) is 5.88 Å². The normalized spacial score (nSPS) is 20.5. The minimum atomic E-state index is -2.94. The highest BCUT2D eigenvalue weighted by molar-refractivity contribution is 6.63. The van der Waals surface area contributed by atoms with Crippen LogP contribution in [0.1, 0.15) is 33.3 Å². The summed E-state index contributed by atoms with van der Waals surface area (Å²) in [5.74, 6) is -0.154. The van der Waals surface area contributed by atoms with Gasteiger partial charge in [0.1, 0.15) is 0 Å². The molecule has 0 radical (unpaired) electrons. The minimum Gasteiger partial charge on any atom is -0.417 e. The van der Waals surface area contributed by atoms with Crippen LogP contribution in [0.4, 0.5) is 8.78 Å². The molecule has 1 aliphatic rings. The van der Waals surface area contributed by atoms with Crippen molar-refractivity contribution in [3.05, 3.63) is 17.8 Å². The Bertz CT molecular complexity index is 492. The number of alkyl halides is 2. The Morgan fingerprint density at radius 2 is 1.75 bits per heavy atom. The van der Waals surface area contributed by atoms with E-state index in [0.29, 0.717) is 5.46 Å². The average Bonchev–Trinajstić information content (AvgIpc) is 2.46. The van der Waals surface area contributed by atoms with Gasteiger partial charge in [0.15, 0.2) is 0 Å². The molecule has 110 valence electrons. The number of pyridine rings is 1. The number of nitrogens with zero attached hydrogens (tertiary/aromatic N) is 1. The lowest BCUT2D eigenvalue weighted by molar-refractivity contribution is -0.0522. The molecule has 0 N–H and O–H groups in total. The van der Waals surface area contributed by atoms with Crippen LogP contribution < -0.4 is 10.2 Å². The van der Waals surface area contributed by atoms with E-state index in [1.807, 2.05) is 27.7 Å². The van der Waals surface area contributed by atoms with Gasteiger partial charge in [-0.25, -0.2) is 4.98 Å². The zero-order chi connectivity index (χ0) is 15.1. The molecule has 0 aromatic carbocycles. The molecular weight excluding hydrogens is 267 g/mol. The molecule has 0 amide bonds. The van der Waals surface area contributed by atoms with Crippen molar-refractivity contribution in [3.8, 4) is 5.88 Å².